The van der Waals surface area contributed by atoms with Gasteiger partial charge in [-0.15, -0.1) is 0 Å². The van der Waals surface area contributed by atoms with E-state index in [0.717, 1.165) is 12.8 Å². The zero-order valence-electron chi connectivity index (χ0n) is 13.8. The highest BCUT2D eigenvalue weighted by atomic mass is 16.5. The van der Waals surface area contributed by atoms with Gasteiger partial charge in [-0.1, -0.05) is 13.2 Å². The molecule has 126 valence electrons. The van der Waals surface area contributed by atoms with Gasteiger partial charge >= 0.3 is 0 Å². The summed E-state index contributed by atoms with van der Waals surface area (Å²) in [6, 6.07) is 0. The summed E-state index contributed by atoms with van der Waals surface area (Å²) in [5, 5.41) is 0. The summed E-state index contributed by atoms with van der Waals surface area (Å²) in [5.41, 5.74) is 0. The first-order valence-electron chi connectivity index (χ1n) is 7.48. The molecular weight excluding hydrogens is 284 g/mol. The molecule has 0 rings (SSSR count). The molecule has 0 aliphatic carbocycles. The third-order valence-electron chi connectivity index (χ3n) is 3.00. The average Bonchev–Trinajstić information content (AvgIpc) is 2.47. The topological polar surface area (TPSA) is 59.1 Å². The second-order valence-corrected chi connectivity index (χ2v) is 4.72. The van der Waals surface area contributed by atoms with Crippen LogP contribution in [0.15, 0.2) is 25.6 Å². The molecule has 0 unspecified atom stereocenters. The molecule has 0 atom stereocenters. The van der Waals surface area contributed by atoms with Gasteiger partial charge in [0.05, 0.1) is 13.2 Å². The van der Waals surface area contributed by atoms with Crippen LogP contribution in [-0.4, -0.2) is 61.1 Å². The van der Waals surface area contributed by atoms with Crippen molar-refractivity contribution in [3.8, 4) is 0 Å². The van der Waals surface area contributed by atoms with Crippen molar-refractivity contribution < 1.29 is 19.1 Å². The molecule has 6 heteroatoms. The van der Waals surface area contributed by atoms with E-state index in [-0.39, 0.29) is 11.8 Å². The number of nitrogens with zero attached hydrogens (tertiary/aromatic N) is 2. The molecule has 0 heterocycles. The fourth-order valence-electron chi connectivity index (χ4n) is 1.75. The Balaban J connectivity index is 3.40. The Bertz CT molecular complexity index is 324. The largest absolute Gasteiger partial charge is 0.379 e. The molecule has 0 aliphatic rings. The maximum absolute atomic E-state index is 11.1. The van der Waals surface area contributed by atoms with Crippen LogP contribution in [0.1, 0.15) is 26.7 Å². The summed E-state index contributed by atoms with van der Waals surface area (Å²) in [7, 11) is 0. The van der Waals surface area contributed by atoms with Gasteiger partial charge in [-0.2, -0.15) is 0 Å². The van der Waals surface area contributed by atoms with Gasteiger partial charge in [0.1, 0.15) is 0 Å². The van der Waals surface area contributed by atoms with Gasteiger partial charge < -0.3 is 19.3 Å². The molecule has 0 saturated heterocycles. The Labute approximate surface area is 133 Å². The van der Waals surface area contributed by atoms with Crippen LogP contribution in [0.2, 0.25) is 0 Å². The van der Waals surface area contributed by atoms with Crippen LogP contribution in [0.4, 0.5) is 0 Å². The fourth-order valence-corrected chi connectivity index (χ4v) is 1.75. The van der Waals surface area contributed by atoms with E-state index < -0.39 is 0 Å². The van der Waals surface area contributed by atoms with Crippen molar-refractivity contribution in [2.24, 2.45) is 0 Å². The lowest BCUT2D eigenvalue weighted by Gasteiger charge is -2.16. The van der Waals surface area contributed by atoms with E-state index in [2.05, 4.69) is 13.2 Å². The van der Waals surface area contributed by atoms with E-state index in [0.29, 0.717) is 39.5 Å². The molecule has 0 aliphatic heterocycles. The van der Waals surface area contributed by atoms with Crippen molar-refractivity contribution in [1.82, 2.24) is 9.80 Å². The van der Waals surface area contributed by atoms with E-state index in [1.165, 1.54) is 26.2 Å². The van der Waals surface area contributed by atoms with Crippen LogP contribution in [0.5, 0.6) is 0 Å². The summed E-state index contributed by atoms with van der Waals surface area (Å²) in [6.07, 6.45) is 4.58. The van der Waals surface area contributed by atoms with Crippen molar-refractivity contribution in [2.75, 3.05) is 39.5 Å². The Morgan fingerprint density at radius 2 is 1.18 bits per heavy atom. The molecule has 22 heavy (non-hydrogen) atoms. The maximum Gasteiger partial charge on any atom is 0.223 e. The molecule has 0 aromatic heterocycles. The first-order valence-corrected chi connectivity index (χ1v) is 7.48. The zero-order valence-corrected chi connectivity index (χ0v) is 13.8. The van der Waals surface area contributed by atoms with E-state index in [1.54, 1.807) is 9.80 Å². The molecule has 0 aromatic rings. The second-order valence-electron chi connectivity index (χ2n) is 4.72. The number of amides is 2. The second kappa shape index (κ2) is 13.0. The normalized spacial score (nSPS) is 10.1. The highest BCUT2D eigenvalue weighted by Crippen LogP contribution is 1.95. The number of carbonyl (C=O) groups is 2. The summed E-state index contributed by atoms with van der Waals surface area (Å²) >= 11 is 0. The van der Waals surface area contributed by atoms with Gasteiger partial charge in [0.25, 0.3) is 0 Å². The van der Waals surface area contributed by atoms with Crippen LogP contribution in [-0.2, 0) is 19.1 Å². The maximum atomic E-state index is 11.1. The first kappa shape index (κ1) is 20.3. The monoisotopic (exact) mass is 312 g/mol. The lowest BCUT2D eigenvalue weighted by molar-refractivity contribution is -0.127. The minimum atomic E-state index is -0.0162. The first-order chi connectivity index (χ1) is 10.5. The molecule has 0 radical (unpaired) electrons. The predicted octanol–water partition coefficient (Wildman–Crippen LogP) is 1.78. The molecule has 6 nitrogen and oxygen atoms in total. The summed E-state index contributed by atoms with van der Waals surface area (Å²) in [6.45, 7) is 13.6. The standard InChI is InChI=1S/C16H28N2O4/c1-5-17(15(3)19)9-7-11-21-13-14-22-12-8-10-18(6-2)16(4)20/h5-6H,1-2,7-14H2,3-4H3. The minimum Gasteiger partial charge on any atom is -0.379 e. The van der Waals surface area contributed by atoms with Gasteiger partial charge in [0.2, 0.25) is 11.8 Å². The number of carbonyl (C=O) groups excluding carboxylic acids is 2. The average molecular weight is 312 g/mol. The molecule has 0 N–H and O–H groups in total. The molecule has 0 bridgehead atoms. The van der Waals surface area contributed by atoms with E-state index in [4.69, 9.17) is 9.47 Å². The molecule has 0 saturated carbocycles. The van der Waals surface area contributed by atoms with E-state index in [1.807, 2.05) is 0 Å². The Morgan fingerprint density at radius 1 is 0.818 bits per heavy atom. The van der Waals surface area contributed by atoms with Crippen molar-refractivity contribution in [3.63, 3.8) is 0 Å². The van der Waals surface area contributed by atoms with Crippen LogP contribution >= 0.6 is 0 Å². The quantitative estimate of drug-likeness (QED) is 0.486. The number of ether oxygens (including phenoxy) is 2. The number of hydrogen-bond donors (Lipinski definition) is 0. The smallest absolute Gasteiger partial charge is 0.223 e. The van der Waals surface area contributed by atoms with E-state index >= 15 is 0 Å². The van der Waals surface area contributed by atoms with Crippen LogP contribution in [0.25, 0.3) is 0 Å². The van der Waals surface area contributed by atoms with Crippen molar-refractivity contribution >= 4 is 11.8 Å². The van der Waals surface area contributed by atoms with Gasteiger partial charge in [0.15, 0.2) is 0 Å². The molecule has 0 aromatic carbocycles. The molecular formula is C16H28N2O4. The highest BCUT2D eigenvalue weighted by molar-refractivity contribution is 5.74. The number of hydrogen-bond acceptors (Lipinski definition) is 4. The van der Waals surface area contributed by atoms with E-state index in [9.17, 15) is 9.59 Å². The van der Waals surface area contributed by atoms with Crippen molar-refractivity contribution in [3.05, 3.63) is 25.6 Å². The van der Waals surface area contributed by atoms with Crippen LogP contribution < -0.4 is 0 Å². The van der Waals surface area contributed by atoms with Crippen molar-refractivity contribution in [1.29, 1.82) is 0 Å². The lowest BCUT2D eigenvalue weighted by atomic mass is 10.4. The third kappa shape index (κ3) is 10.1. The lowest BCUT2D eigenvalue weighted by Crippen LogP contribution is -2.25. The minimum absolute atomic E-state index is 0.0162. The number of rotatable bonds is 13. The fraction of sp³-hybridized carbons (Fsp3) is 0.625. The summed E-state index contributed by atoms with van der Waals surface area (Å²) in [5.74, 6) is -0.0325. The van der Waals surface area contributed by atoms with Crippen LogP contribution in [0.3, 0.4) is 0 Å². The van der Waals surface area contributed by atoms with Crippen molar-refractivity contribution in [2.45, 2.75) is 26.7 Å². The summed E-state index contributed by atoms with van der Waals surface area (Å²) in [4.78, 5) is 25.3. The van der Waals surface area contributed by atoms with Gasteiger partial charge in [0, 0.05) is 40.2 Å². The van der Waals surface area contributed by atoms with Gasteiger partial charge in [-0.05, 0) is 25.2 Å². The SMILES string of the molecule is C=CN(CCCOCCOCCCN(C=C)C(C)=O)C(C)=O. The Morgan fingerprint density at radius 3 is 1.45 bits per heavy atom. The zero-order chi connectivity index (χ0) is 16.8. The van der Waals surface area contributed by atoms with Gasteiger partial charge in [-0.3, -0.25) is 9.59 Å². The molecule has 2 amide bonds. The molecule has 0 fully saturated rings. The predicted molar refractivity (Wildman–Crippen MR) is 86.0 cm³/mol. The van der Waals surface area contributed by atoms with Crippen LogP contribution in [0, 0.1) is 0 Å². The third-order valence-corrected chi connectivity index (χ3v) is 3.00. The summed E-state index contributed by atoms with van der Waals surface area (Å²) < 4.78 is 10.8. The van der Waals surface area contributed by atoms with Gasteiger partial charge in [-0.25, -0.2) is 0 Å². The highest BCUT2D eigenvalue weighted by Gasteiger charge is 2.04. The molecule has 0 spiro atoms. The Kier molecular flexibility index (Phi) is 12.1. The Hall–Kier alpha value is -1.66.